The van der Waals surface area contributed by atoms with Crippen LogP contribution in [0.3, 0.4) is 0 Å². The summed E-state index contributed by atoms with van der Waals surface area (Å²) in [5, 5.41) is 3.26. The van der Waals surface area contributed by atoms with Crippen molar-refractivity contribution in [3.8, 4) is 5.75 Å². The van der Waals surface area contributed by atoms with Gasteiger partial charge in [0, 0.05) is 25.3 Å². The molecule has 1 aromatic carbocycles. The normalized spacial score (nSPS) is 22.8. The second-order valence-electron chi connectivity index (χ2n) is 4.84. The van der Waals surface area contributed by atoms with Crippen LogP contribution in [0.25, 0.3) is 0 Å². The van der Waals surface area contributed by atoms with Gasteiger partial charge in [-0.1, -0.05) is 13.0 Å². The number of hydrogen-bond donors (Lipinski definition) is 1. The van der Waals surface area contributed by atoms with Crippen molar-refractivity contribution in [3.05, 3.63) is 24.3 Å². The van der Waals surface area contributed by atoms with Crippen LogP contribution in [0.4, 0.5) is 5.69 Å². The number of carbonyl (C=O) groups excluding carboxylic acids is 1. The molecule has 1 fully saturated rings. The molecule has 1 saturated heterocycles. The van der Waals surface area contributed by atoms with E-state index in [-0.39, 0.29) is 11.8 Å². The lowest BCUT2D eigenvalue weighted by molar-refractivity contribution is -0.122. The second-order valence-corrected chi connectivity index (χ2v) is 4.84. The summed E-state index contributed by atoms with van der Waals surface area (Å²) in [7, 11) is 3.45. The summed E-state index contributed by atoms with van der Waals surface area (Å²) in [6.07, 6.45) is 0. The summed E-state index contributed by atoms with van der Waals surface area (Å²) >= 11 is 0. The molecule has 0 radical (unpaired) electrons. The first-order valence-corrected chi connectivity index (χ1v) is 6.26. The predicted molar refractivity (Wildman–Crippen MR) is 71.9 cm³/mol. The number of nitrogens with zero attached hydrogens (tertiary/aromatic N) is 1. The van der Waals surface area contributed by atoms with Crippen molar-refractivity contribution < 1.29 is 9.53 Å². The molecule has 4 nitrogen and oxygen atoms in total. The highest BCUT2D eigenvalue weighted by Crippen LogP contribution is 2.24. The zero-order valence-corrected chi connectivity index (χ0v) is 11.1. The molecule has 2 rings (SSSR count). The summed E-state index contributed by atoms with van der Waals surface area (Å²) in [6.45, 7) is 3.80. The van der Waals surface area contributed by atoms with Gasteiger partial charge in [0.05, 0.1) is 13.0 Å². The summed E-state index contributed by atoms with van der Waals surface area (Å²) in [6, 6.07) is 7.58. The topological polar surface area (TPSA) is 41.6 Å². The van der Waals surface area contributed by atoms with Crippen LogP contribution in [-0.2, 0) is 4.79 Å². The van der Waals surface area contributed by atoms with Gasteiger partial charge in [-0.3, -0.25) is 4.79 Å². The highest BCUT2D eigenvalue weighted by molar-refractivity contribution is 5.95. The van der Waals surface area contributed by atoms with Crippen molar-refractivity contribution in [3.63, 3.8) is 0 Å². The molecule has 1 heterocycles. The SMILES string of the molecule is COc1cccc(N(C)C(=O)[C@@H]2CNC[C@H]2C)c1. The molecule has 1 aliphatic heterocycles. The van der Waals surface area contributed by atoms with E-state index in [4.69, 9.17) is 4.74 Å². The molecule has 1 N–H and O–H groups in total. The maximum atomic E-state index is 12.4. The molecule has 0 bridgehead atoms. The number of rotatable bonds is 3. The standard InChI is InChI=1S/C14H20N2O2/c1-10-8-15-9-13(10)14(17)16(2)11-5-4-6-12(7-11)18-3/h4-7,10,13,15H,8-9H2,1-3H3/t10-,13-/m1/s1. The van der Waals surface area contributed by atoms with Crippen molar-refractivity contribution in [1.29, 1.82) is 0 Å². The van der Waals surface area contributed by atoms with Crippen LogP contribution < -0.4 is 15.0 Å². The van der Waals surface area contributed by atoms with Crippen molar-refractivity contribution in [2.24, 2.45) is 11.8 Å². The number of ether oxygens (including phenoxy) is 1. The highest BCUT2D eigenvalue weighted by Gasteiger charge is 2.32. The highest BCUT2D eigenvalue weighted by atomic mass is 16.5. The lowest BCUT2D eigenvalue weighted by Gasteiger charge is -2.23. The number of nitrogens with one attached hydrogen (secondary N) is 1. The molecule has 0 aromatic heterocycles. The van der Waals surface area contributed by atoms with Crippen LogP contribution in [0.5, 0.6) is 5.75 Å². The number of hydrogen-bond acceptors (Lipinski definition) is 3. The Morgan fingerprint density at radius 3 is 2.83 bits per heavy atom. The zero-order valence-electron chi connectivity index (χ0n) is 11.1. The number of anilines is 1. The van der Waals surface area contributed by atoms with Gasteiger partial charge in [0.15, 0.2) is 0 Å². The third kappa shape index (κ3) is 2.48. The summed E-state index contributed by atoms with van der Waals surface area (Å²) in [5.74, 6) is 1.40. The van der Waals surface area contributed by atoms with Gasteiger partial charge in [0.1, 0.15) is 5.75 Å². The molecule has 18 heavy (non-hydrogen) atoms. The monoisotopic (exact) mass is 248 g/mol. The van der Waals surface area contributed by atoms with Crippen molar-refractivity contribution in [2.75, 3.05) is 32.1 Å². The largest absolute Gasteiger partial charge is 0.497 e. The minimum absolute atomic E-state index is 0.0706. The second kappa shape index (κ2) is 5.40. The summed E-state index contributed by atoms with van der Waals surface area (Å²) < 4.78 is 5.18. The van der Waals surface area contributed by atoms with E-state index in [0.29, 0.717) is 5.92 Å². The molecular weight excluding hydrogens is 228 g/mol. The number of methoxy groups -OCH3 is 1. The van der Waals surface area contributed by atoms with Crippen LogP contribution in [-0.4, -0.2) is 33.2 Å². The molecule has 1 aromatic rings. The molecule has 0 aliphatic carbocycles. The molecule has 2 atom stereocenters. The van der Waals surface area contributed by atoms with Gasteiger partial charge in [-0.2, -0.15) is 0 Å². The van der Waals surface area contributed by atoms with Crippen LogP contribution in [0.2, 0.25) is 0 Å². The molecule has 0 spiro atoms. The lowest BCUT2D eigenvalue weighted by atomic mass is 9.96. The first-order chi connectivity index (χ1) is 8.63. The smallest absolute Gasteiger partial charge is 0.231 e. The van der Waals surface area contributed by atoms with E-state index in [1.807, 2.05) is 31.3 Å². The Kier molecular flexibility index (Phi) is 3.87. The van der Waals surface area contributed by atoms with Crippen LogP contribution in [0, 0.1) is 11.8 Å². The Morgan fingerprint density at radius 2 is 2.22 bits per heavy atom. The van der Waals surface area contributed by atoms with Crippen LogP contribution >= 0.6 is 0 Å². The van der Waals surface area contributed by atoms with E-state index in [1.54, 1.807) is 12.0 Å². The third-order valence-corrected chi connectivity index (χ3v) is 3.61. The molecule has 1 amide bonds. The fraction of sp³-hybridized carbons (Fsp3) is 0.500. The van der Waals surface area contributed by atoms with E-state index in [9.17, 15) is 4.79 Å². The first kappa shape index (κ1) is 12.9. The molecule has 98 valence electrons. The van der Waals surface area contributed by atoms with Crippen LogP contribution in [0.15, 0.2) is 24.3 Å². The number of carbonyl (C=O) groups is 1. The maximum Gasteiger partial charge on any atom is 0.231 e. The van der Waals surface area contributed by atoms with Gasteiger partial charge in [0.25, 0.3) is 0 Å². The fourth-order valence-corrected chi connectivity index (χ4v) is 2.34. The molecule has 1 aliphatic rings. The van der Waals surface area contributed by atoms with E-state index in [1.165, 1.54) is 0 Å². The molecular formula is C14H20N2O2. The predicted octanol–water partition coefficient (Wildman–Crippen LogP) is 1.51. The fourth-order valence-electron chi connectivity index (χ4n) is 2.34. The van der Waals surface area contributed by atoms with Crippen molar-refractivity contribution >= 4 is 11.6 Å². The minimum Gasteiger partial charge on any atom is -0.497 e. The maximum absolute atomic E-state index is 12.4. The van der Waals surface area contributed by atoms with Gasteiger partial charge < -0.3 is 15.0 Å². The van der Waals surface area contributed by atoms with E-state index in [2.05, 4.69) is 12.2 Å². The van der Waals surface area contributed by atoms with Gasteiger partial charge in [0.2, 0.25) is 5.91 Å². The van der Waals surface area contributed by atoms with E-state index < -0.39 is 0 Å². The van der Waals surface area contributed by atoms with Gasteiger partial charge >= 0.3 is 0 Å². The van der Waals surface area contributed by atoms with Crippen molar-refractivity contribution in [2.45, 2.75) is 6.92 Å². The Bertz CT molecular complexity index is 434. The zero-order chi connectivity index (χ0) is 13.1. The Hall–Kier alpha value is -1.55. The third-order valence-electron chi connectivity index (χ3n) is 3.61. The van der Waals surface area contributed by atoms with Crippen molar-refractivity contribution in [1.82, 2.24) is 5.32 Å². The molecule has 4 heteroatoms. The van der Waals surface area contributed by atoms with E-state index in [0.717, 1.165) is 24.5 Å². The van der Waals surface area contributed by atoms with Crippen LogP contribution in [0.1, 0.15) is 6.92 Å². The Balaban J connectivity index is 2.14. The average molecular weight is 248 g/mol. The van der Waals surface area contributed by atoms with E-state index >= 15 is 0 Å². The summed E-state index contributed by atoms with van der Waals surface area (Å²) in [4.78, 5) is 14.1. The quantitative estimate of drug-likeness (QED) is 0.881. The average Bonchev–Trinajstić information content (AvgIpc) is 2.83. The van der Waals surface area contributed by atoms with Gasteiger partial charge in [-0.05, 0) is 24.6 Å². The Labute approximate surface area is 108 Å². The first-order valence-electron chi connectivity index (χ1n) is 6.26. The Morgan fingerprint density at radius 1 is 1.44 bits per heavy atom. The number of amides is 1. The van der Waals surface area contributed by atoms with Gasteiger partial charge in [-0.25, -0.2) is 0 Å². The van der Waals surface area contributed by atoms with Gasteiger partial charge in [-0.15, -0.1) is 0 Å². The summed E-state index contributed by atoms with van der Waals surface area (Å²) in [5.41, 5.74) is 0.874. The lowest BCUT2D eigenvalue weighted by Crippen LogP contribution is -2.36. The minimum atomic E-state index is 0.0706. The number of benzene rings is 1. The molecule has 0 saturated carbocycles. The molecule has 0 unspecified atom stereocenters.